The zero-order valence-electron chi connectivity index (χ0n) is 11.0. The molecule has 2 aliphatic rings. The van der Waals surface area contributed by atoms with Gasteiger partial charge in [0.25, 0.3) is 0 Å². The van der Waals surface area contributed by atoms with Gasteiger partial charge in [0.05, 0.1) is 6.10 Å². The van der Waals surface area contributed by atoms with Crippen molar-refractivity contribution in [3.63, 3.8) is 0 Å². The molecule has 1 aromatic rings. The van der Waals surface area contributed by atoms with E-state index in [4.69, 9.17) is 9.47 Å². The highest BCUT2D eigenvalue weighted by Gasteiger charge is 2.33. The monoisotopic (exact) mass is 279 g/mol. The molecule has 2 N–H and O–H groups in total. The lowest BCUT2D eigenvalue weighted by atomic mass is 9.98. The number of carboxylic acids is 1. The highest BCUT2D eigenvalue weighted by molar-refractivity contribution is 5.73. The van der Waals surface area contributed by atoms with Crippen molar-refractivity contribution in [2.75, 3.05) is 13.3 Å². The summed E-state index contributed by atoms with van der Waals surface area (Å²) in [4.78, 5) is 13.2. The zero-order chi connectivity index (χ0) is 14.1. The minimum absolute atomic E-state index is 0.202. The molecule has 1 saturated heterocycles. The summed E-state index contributed by atoms with van der Waals surface area (Å²) in [5.74, 6) is 0.502. The molecule has 0 bridgehead atoms. The van der Waals surface area contributed by atoms with E-state index in [1.807, 2.05) is 23.1 Å². The molecule has 3 rings (SSSR count). The fourth-order valence-electron chi connectivity index (χ4n) is 2.78. The van der Waals surface area contributed by atoms with Crippen molar-refractivity contribution in [3.05, 3.63) is 23.8 Å². The lowest BCUT2D eigenvalue weighted by molar-refractivity contribution is -0.147. The first-order valence-corrected chi connectivity index (χ1v) is 6.67. The van der Waals surface area contributed by atoms with Crippen LogP contribution in [0.3, 0.4) is 0 Å². The molecule has 0 aliphatic carbocycles. The van der Waals surface area contributed by atoms with Gasteiger partial charge in [-0.3, -0.25) is 9.69 Å². The van der Waals surface area contributed by atoms with Crippen LogP contribution in [0.1, 0.15) is 18.4 Å². The molecular formula is C14H17NO5. The average Bonchev–Trinajstić information content (AvgIpc) is 2.90. The van der Waals surface area contributed by atoms with Crippen molar-refractivity contribution >= 4 is 5.97 Å². The van der Waals surface area contributed by atoms with Crippen LogP contribution in [-0.4, -0.2) is 46.6 Å². The maximum atomic E-state index is 11.3. The normalized spacial score (nSPS) is 25.6. The van der Waals surface area contributed by atoms with Crippen molar-refractivity contribution in [3.8, 4) is 11.5 Å². The van der Waals surface area contributed by atoms with Crippen LogP contribution in [0.2, 0.25) is 0 Å². The topological polar surface area (TPSA) is 79.2 Å². The largest absolute Gasteiger partial charge is 0.480 e. The average molecular weight is 279 g/mol. The number of nitrogens with zero attached hydrogens (tertiary/aromatic N) is 1. The number of ether oxygens (including phenoxy) is 2. The summed E-state index contributed by atoms with van der Waals surface area (Å²) in [5.41, 5.74) is 0.919. The maximum absolute atomic E-state index is 11.3. The smallest absolute Gasteiger partial charge is 0.321 e. The summed E-state index contributed by atoms with van der Waals surface area (Å²) in [7, 11) is 0. The minimum atomic E-state index is -0.895. The van der Waals surface area contributed by atoms with Crippen LogP contribution in [0.5, 0.6) is 11.5 Å². The van der Waals surface area contributed by atoms with E-state index < -0.39 is 18.1 Å². The second-order valence-corrected chi connectivity index (χ2v) is 5.15. The molecule has 6 heteroatoms. The Morgan fingerprint density at radius 3 is 3.05 bits per heavy atom. The Morgan fingerprint density at radius 1 is 1.40 bits per heavy atom. The van der Waals surface area contributed by atoms with Gasteiger partial charge in [-0.05, 0) is 18.9 Å². The van der Waals surface area contributed by atoms with E-state index in [9.17, 15) is 15.0 Å². The molecular weight excluding hydrogens is 262 g/mol. The van der Waals surface area contributed by atoms with Gasteiger partial charge in [-0.25, -0.2) is 0 Å². The Kier molecular flexibility index (Phi) is 3.50. The number of benzene rings is 1. The zero-order valence-corrected chi connectivity index (χ0v) is 11.0. The molecule has 0 spiro atoms. The fourth-order valence-corrected chi connectivity index (χ4v) is 2.78. The van der Waals surface area contributed by atoms with Crippen LogP contribution in [0.25, 0.3) is 0 Å². The van der Waals surface area contributed by atoms with E-state index in [1.165, 1.54) is 0 Å². The lowest BCUT2D eigenvalue weighted by Gasteiger charge is -2.35. The van der Waals surface area contributed by atoms with E-state index in [-0.39, 0.29) is 13.2 Å². The molecule has 2 heterocycles. The van der Waals surface area contributed by atoms with Crippen LogP contribution < -0.4 is 9.47 Å². The number of likely N-dealkylation sites (tertiary alicyclic amines) is 1. The van der Waals surface area contributed by atoms with Crippen LogP contribution in [0, 0.1) is 0 Å². The second kappa shape index (κ2) is 5.30. The summed E-state index contributed by atoms with van der Waals surface area (Å²) in [6.07, 6.45) is 0.325. The number of aliphatic carboxylic acids is 1. The molecule has 108 valence electrons. The predicted octanol–water partition coefficient (Wildman–Crippen LogP) is 0.825. The third-order valence-corrected chi connectivity index (χ3v) is 3.82. The Hall–Kier alpha value is -1.79. The summed E-state index contributed by atoms with van der Waals surface area (Å²) >= 11 is 0. The summed E-state index contributed by atoms with van der Waals surface area (Å²) < 4.78 is 10.8. The van der Waals surface area contributed by atoms with Gasteiger partial charge < -0.3 is 19.7 Å². The Morgan fingerprint density at radius 2 is 2.25 bits per heavy atom. The van der Waals surface area contributed by atoms with Gasteiger partial charge in [-0.2, -0.15) is 0 Å². The summed E-state index contributed by atoms with van der Waals surface area (Å²) in [6.45, 7) is 1.24. The first kappa shape index (κ1) is 13.2. The quantitative estimate of drug-likeness (QED) is 0.853. The number of carbonyl (C=O) groups is 1. The third-order valence-electron chi connectivity index (χ3n) is 3.82. The summed E-state index contributed by atoms with van der Waals surface area (Å²) in [6, 6.07) is 4.96. The third kappa shape index (κ3) is 2.44. The number of rotatable bonds is 3. The number of aliphatic hydroxyl groups excluding tert-OH is 1. The Labute approximate surface area is 116 Å². The van der Waals surface area contributed by atoms with Gasteiger partial charge in [0, 0.05) is 18.7 Å². The molecule has 2 aliphatic heterocycles. The highest BCUT2D eigenvalue weighted by atomic mass is 16.7. The van der Waals surface area contributed by atoms with Gasteiger partial charge >= 0.3 is 5.97 Å². The molecule has 1 aromatic carbocycles. The van der Waals surface area contributed by atoms with Crippen molar-refractivity contribution in [1.82, 2.24) is 4.90 Å². The van der Waals surface area contributed by atoms with Gasteiger partial charge in [-0.15, -0.1) is 0 Å². The fraction of sp³-hybridized carbons (Fsp3) is 0.500. The SMILES string of the molecule is O=C(O)[C@@H]1C[C@H](O)CCN1Cc1cccc2c1OCO2. The molecule has 1 fully saturated rings. The minimum Gasteiger partial charge on any atom is -0.480 e. The van der Waals surface area contributed by atoms with E-state index in [1.54, 1.807) is 0 Å². The van der Waals surface area contributed by atoms with Gasteiger partial charge in [0.15, 0.2) is 11.5 Å². The van der Waals surface area contributed by atoms with Crippen LogP contribution in [-0.2, 0) is 11.3 Å². The van der Waals surface area contributed by atoms with E-state index >= 15 is 0 Å². The van der Waals surface area contributed by atoms with Crippen molar-refractivity contribution in [2.24, 2.45) is 0 Å². The van der Waals surface area contributed by atoms with Gasteiger partial charge in [0.1, 0.15) is 6.04 Å². The molecule has 6 nitrogen and oxygen atoms in total. The van der Waals surface area contributed by atoms with Gasteiger partial charge in [0.2, 0.25) is 6.79 Å². The number of carboxylic acid groups (broad SMARTS) is 1. The molecule has 2 atom stereocenters. The van der Waals surface area contributed by atoms with Crippen LogP contribution >= 0.6 is 0 Å². The highest BCUT2D eigenvalue weighted by Crippen LogP contribution is 2.36. The molecule has 0 unspecified atom stereocenters. The molecule has 0 saturated carbocycles. The predicted molar refractivity (Wildman–Crippen MR) is 69.6 cm³/mol. The first-order valence-electron chi connectivity index (χ1n) is 6.67. The maximum Gasteiger partial charge on any atom is 0.321 e. The molecule has 0 radical (unpaired) electrons. The lowest BCUT2D eigenvalue weighted by Crippen LogP contribution is -2.48. The second-order valence-electron chi connectivity index (χ2n) is 5.15. The standard InChI is InChI=1S/C14H17NO5/c16-10-4-5-15(11(6-10)14(17)18)7-9-2-1-3-12-13(9)20-8-19-12/h1-3,10-11,16H,4-8H2,(H,17,18)/t10-,11+/m1/s1. The van der Waals surface area contributed by atoms with Crippen molar-refractivity contribution < 1.29 is 24.5 Å². The Bertz CT molecular complexity index is 518. The van der Waals surface area contributed by atoms with Crippen molar-refractivity contribution in [1.29, 1.82) is 0 Å². The number of hydrogen-bond acceptors (Lipinski definition) is 5. The van der Waals surface area contributed by atoms with E-state index in [2.05, 4.69) is 0 Å². The number of para-hydroxylation sites is 1. The van der Waals surface area contributed by atoms with E-state index in [0.717, 1.165) is 5.56 Å². The van der Waals surface area contributed by atoms with E-state index in [0.29, 0.717) is 31.0 Å². The number of fused-ring (bicyclic) bond motifs is 1. The number of hydrogen-bond donors (Lipinski definition) is 2. The molecule has 0 amide bonds. The number of piperidine rings is 1. The molecule has 0 aromatic heterocycles. The number of aliphatic hydroxyl groups is 1. The first-order chi connectivity index (χ1) is 9.65. The summed E-state index contributed by atoms with van der Waals surface area (Å²) in [5, 5.41) is 18.9. The van der Waals surface area contributed by atoms with Crippen LogP contribution in [0.4, 0.5) is 0 Å². The molecule has 20 heavy (non-hydrogen) atoms. The van der Waals surface area contributed by atoms with Crippen LogP contribution in [0.15, 0.2) is 18.2 Å². The van der Waals surface area contributed by atoms with Gasteiger partial charge in [-0.1, -0.05) is 12.1 Å². The van der Waals surface area contributed by atoms with Crippen molar-refractivity contribution in [2.45, 2.75) is 31.5 Å². The Balaban J connectivity index is 1.80.